The van der Waals surface area contributed by atoms with Crippen LogP contribution >= 0.6 is 0 Å². The summed E-state index contributed by atoms with van der Waals surface area (Å²) in [6, 6.07) is 7.29. The van der Waals surface area contributed by atoms with Gasteiger partial charge in [0.25, 0.3) is 0 Å². The number of rotatable bonds is 5. The number of amides is 1. The van der Waals surface area contributed by atoms with Crippen molar-refractivity contribution in [3.63, 3.8) is 0 Å². The number of alkyl halides is 3. The van der Waals surface area contributed by atoms with Crippen LogP contribution in [-0.4, -0.2) is 44.9 Å². The molecule has 1 N–H and O–H groups in total. The molecule has 0 aromatic heterocycles. The van der Waals surface area contributed by atoms with Gasteiger partial charge in [-0.15, -0.1) is 0 Å². The van der Waals surface area contributed by atoms with E-state index in [2.05, 4.69) is 0 Å². The lowest BCUT2D eigenvalue weighted by atomic mass is 10.4. The van der Waals surface area contributed by atoms with Gasteiger partial charge >= 0.3 is 6.18 Å². The summed E-state index contributed by atoms with van der Waals surface area (Å²) in [5, 5.41) is 1.61. The average molecular weight is 310 g/mol. The van der Waals surface area contributed by atoms with Gasteiger partial charge in [0.1, 0.15) is 6.54 Å². The van der Waals surface area contributed by atoms with Crippen molar-refractivity contribution in [1.29, 1.82) is 0 Å². The number of nitrogens with zero attached hydrogens (tertiary/aromatic N) is 1. The van der Waals surface area contributed by atoms with Crippen molar-refractivity contribution >= 4 is 15.9 Å². The summed E-state index contributed by atoms with van der Waals surface area (Å²) in [6.07, 6.45) is -4.54. The van der Waals surface area contributed by atoms with Crippen molar-refractivity contribution in [2.24, 2.45) is 0 Å². The Hall–Kier alpha value is -1.61. The molecule has 0 aliphatic rings. The Bertz CT molecular complexity index is 558. The average Bonchev–Trinajstić information content (AvgIpc) is 2.36. The Morgan fingerprint density at radius 2 is 1.80 bits per heavy atom. The number of sulfonamides is 1. The molecule has 1 amide bonds. The molecule has 0 heterocycles. The van der Waals surface area contributed by atoms with Gasteiger partial charge in [0, 0.05) is 7.05 Å². The molecule has 20 heavy (non-hydrogen) atoms. The Morgan fingerprint density at radius 3 is 2.30 bits per heavy atom. The van der Waals surface area contributed by atoms with E-state index >= 15 is 0 Å². The first-order chi connectivity index (χ1) is 9.13. The highest BCUT2D eigenvalue weighted by atomic mass is 32.2. The van der Waals surface area contributed by atoms with Gasteiger partial charge in [0.05, 0.1) is 11.4 Å². The molecule has 0 unspecified atom stereocenters. The largest absolute Gasteiger partial charge is 0.405 e. The molecule has 1 rings (SSSR count). The van der Waals surface area contributed by atoms with Gasteiger partial charge in [-0.2, -0.15) is 17.5 Å². The minimum Gasteiger partial charge on any atom is -0.346 e. The number of likely N-dealkylation sites (N-methyl/N-ethyl adjacent to an activating group) is 1. The summed E-state index contributed by atoms with van der Waals surface area (Å²) < 4.78 is 60.4. The molecule has 0 aliphatic heterocycles. The molecular weight excluding hydrogens is 297 g/mol. The van der Waals surface area contributed by atoms with Gasteiger partial charge in [-0.1, -0.05) is 18.2 Å². The van der Waals surface area contributed by atoms with E-state index in [9.17, 15) is 26.4 Å². The van der Waals surface area contributed by atoms with E-state index in [4.69, 9.17) is 0 Å². The van der Waals surface area contributed by atoms with E-state index in [1.165, 1.54) is 24.3 Å². The SMILES string of the molecule is CN(CC(=O)NCC(F)(F)F)S(=O)(=O)c1ccccc1. The number of hydrogen-bond donors (Lipinski definition) is 1. The van der Waals surface area contributed by atoms with Gasteiger partial charge in [-0.25, -0.2) is 8.42 Å². The quantitative estimate of drug-likeness (QED) is 0.882. The van der Waals surface area contributed by atoms with Crippen molar-refractivity contribution in [2.75, 3.05) is 20.1 Å². The van der Waals surface area contributed by atoms with Crippen LogP contribution in [0, 0.1) is 0 Å². The van der Waals surface area contributed by atoms with E-state index in [1.54, 1.807) is 11.4 Å². The standard InChI is InChI=1S/C11H13F3N2O3S/c1-16(7-10(17)15-8-11(12,13)14)20(18,19)9-5-3-2-4-6-9/h2-6H,7-8H2,1H3,(H,15,17). The fourth-order valence-electron chi connectivity index (χ4n) is 1.31. The molecule has 0 atom stereocenters. The lowest BCUT2D eigenvalue weighted by molar-refractivity contribution is -0.138. The smallest absolute Gasteiger partial charge is 0.346 e. The van der Waals surface area contributed by atoms with Crippen LogP contribution in [0.25, 0.3) is 0 Å². The Morgan fingerprint density at radius 1 is 1.25 bits per heavy atom. The topological polar surface area (TPSA) is 66.5 Å². The molecule has 0 bridgehead atoms. The van der Waals surface area contributed by atoms with Crippen molar-refractivity contribution in [3.05, 3.63) is 30.3 Å². The predicted octanol–water partition coefficient (Wildman–Crippen LogP) is 0.986. The number of nitrogens with one attached hydrogen (secondary N) is 1. The molecule has 0 saturated heterocycles. The van der Waals surface area contributed by atoms with Crippen molar-refractivity contribution in [3.8, 4) is 0 Å². The van der Waals surface area contributed by atoms with E-state index < -0.39 is 35.2 Å². The van der Waals surface area contributed by atoms with Gasteiger partial charge in [0.2, 0.25) is 15.9 Å². The summed E-state index contributed by atoms with van der Waals surface area (Å²) in [5.74, 6) is -1.02. The molecule has 0 spiro atoms. The highest BCUT2D eigenvalue weighted by Crippen LogP contribution is 2.14. The van der Waals surface area contributed by atoms with Gasteiger partial charge in [-0.05, 0) is 12.1 Å². The van der Waals surface area contributed by atoms with Crippen LogP contribution in [-0.2, 0) is 14.8 Å². The second-order valence-electron chi connectivity index (χ2n) is 3.97. The summed E-state index contributed by atoms with van der Waals surface area (Å²) >= 11 is 0. The van der Waals surface area contributed by atoms with Crippen molar-refractivity contribution in [2.45, 2.75) is 11.1 Å². The van der Waals surface area contributed by atoms with Crippen molar-refractivity contribution < 1.29 is 26.4 Å². The number of carbonyl (C=O) groups excluding carboxylic acids is 1. The van der Waals surface area contributed by atoms with Gasteiger partial charge < -0.3 is 5.32 Å². The lowest BCUT2D eigenvalue weighted by Crippen LogP contribution is -2.41. The Balaban J connectivity index is 2.67. The minimum absolute atomic E-state index is 0.0360. The minimum atomic E-state index is -4.54. The van der Waals surface area contributed by atoms with E-state index in [1.807, 2.05) is 0 Å². The molecule has 1 aromatic carbocycles. The summed E-state index contributed by atoms with van der Waals surface area (Å²) in [4.78, 5) is 11.2. The zero-order valence-corrected chi connectivity index (χ0v) is 11.3. The van der Waals surface area contributed by atoms with Crippen LogP contribution in [0.4, 0.5) is 13.2 Å². The highest BCUT2D eigenvalue weighted by molar-refractivity contribution is 7.89. The van der Waals surface area contributed by atoms with Crippen LogP contribution in [0.1, 0.15) is 0 Å². The van der Waals surface area contributed by atoms with Gasteiger partial charge in [-0.3, -0.25) is 4.79 Å². The molecule has 1 aromatic rings. The predicted molar refractivity (Wildman–Crippen MR) is 65.3 cm³/mol. The first-order valence-electron chi connectivity index (χ1n) is 5.48. The fourth-order valence-corrected chi connectivity index (χ4v) is 2.46. The molecule has 112 valence electrons. The molecular formula is C11H13F3N2O3S. The van der Waals surface area contributed by atoms with E-state index in [0.29, 0.717) is 4.31 Å². The maximum atomic E-state index is 12.0. The lowest BCUT2D eigenvalue weighted by Gasteiger charge is -2.17. The van der Waals surface area contributed by atoms with Crippen LogP contribution in [0.15, 0.2) is 35.2 Å². The van der Waals surface area contributed by atoms with Crippen LogP contribution in [0.3, 0.4) is 0 Å². The monoisotopic (exact) mass is 310 g/mol. The van der Waals surface area contributed by atoms with Crippen LogP contribution < -0.4 is 5.32 Å². The Kier molecular flexibility index (Phi) is 5.12. The Labute approximate surface area is 114 Å². The third-order valence-corrected chi connectivity index (χ3v) is 4.12. The third-order valence-electron chi connectivity index (χ3n) is 2.30. The van der Waals surface area contributed by atoms with E-state index in [-0.39, 0.29) is 4.90 Å². The third kappa shape index (κ3) is 4.82. The molecule has 5 nitrogen and oxygen atoms in total. The zero-order valence-electron chi connectivity index (χ0n) is 10.5. The summed E-state index contributed by atoms with van der Waals surface area (Å²) in [7, 11) is -2.78. The maximum absolute atomic E-state index is 12.0. The first kappa shape index (κ1) is 16.4. The summed E-state index contributed by atoms with van der Waals surface area (Å²) in [6.45, 7) is -2.18. The molecule has 0 radical (unpaired) electrons. The summed E-state index contributed by atoms with van der Waals surface area (Å²) in [5.41, 5.74) is 0. The normalized spacial score (nSPS) is 12.4. The molecule has 0 saturated carbocycles. The number of hydrogen-bond acceptors (Lipinski definition) is 3. The van der Waals surface area contributed by atoms with Crippen molar-refractivity contribution in [1.82, 2.24) is 9.62 Å². The molecule has 0 fully saturated rings. The fraction of sp³-hybridized carbons (Fsp3) is 0.364. The second kappa shape index (κ2) is 6.23. The number of halogens is 3. The number of benzene rings is 1. The zero-order chi connectivity index (χ0) is 15.4. The molecule has 0 aliphatic carbocycles. The first-order valence-corrected chi connectivity index (χ1v) is 6.92. The highest BCUT2D eigenvalue weighted by Gasteiger charge is 2.29. The van der Waals surface area contributed by atoms with Gasteiger partial charge in [0.15, 0.2) is 0 Å². The van der Waals surface area contributed by atoms with E-state index in [0.717, 1.165) is 7.05 Å². The molecule has 9 heteroatoms. The number of carbonyl (C=O) groups is 1. The van der Waals surface area contributed by atoms with Crippen LogP contribution in [0.5, 0.6) is 0 Å². The maximum Gasteiger partial charge on any atom is 0.405 e. The second-order valence-corrected chi connectivity index (χ2v) is 6.01. The van der Waals surface area contributed by atoms with Crippen LogP contribution in [0.2, 0.25) is 0 Å².